The lowest BCUT2D eigenvalue weighted by molar-refractivity contribution is 0.419. The molecule has 1 N–H and O–H groups in total. The van der Waals surface area contributed by atoms with E-state index in [9.17, 15) is 0 Å². The predicted octanol–water partition coefficient (Wildman–Crippen LogP) is 5.92. The Labute approximate surface area is 137 Å². The highest BCUT2D eigenvalue weighted by Gasteiger charge is 2.26. The molecule has 0 radical (unpaired) electrons. The molecule has 2 aliphatic carbocycles. The van der Waals surface area contributed by atoms with E-state index < -0.39 is 0 Å². The molecule has 0 heterocycles. The molecule has 2 fully saturated rings. The van der Waals surface area contributed by atoms with Crippen LogP contribution in [-0.4, -0.2) is 23.1 Å². The Balaban J connectivity index is 1.88. The van der Waals surface area contributed by atoms with Gasteiger partial charge >= 0.3 is 0 Å². The van der Waals surface area contributed by atoms with Crippen molar-refractivity contribution in [2.75, 3.05) is 6.54 Å². The Hall–Kier alpha value is 0.310. The van der Waals surface area contributed by atoms with Crippen molar-refractivity contribution in [2.24, 2.45) is 0 Å². The Morgan fingerprint density at radius 1 is 0.714 bits per heavy atom. The normalized spacial score (nSPS) is 30.7. The summed E-state index contributed by atoms with van der Waals surface area (Å²) < 4.78 is 0. The minimum atomic E-state index is 0.778. The molecule has 1 nitrogen and oxygen atoms in total. The largest absolute Gasteiger partial charge is 0.313 e. The fourth-order valence-electron chi connectivity index (χ4n) is 4.09. The van der Waals surface area contributed by atoms with E-state index in [2.05, 4.69) is 24.0 Å². The summed E-state index contributed by atoms with van der Waals surface area (Å²) in [5.41, 5.74) is 0. The van der Waals surface area contributed by atoms with Crippen LogP contribution in [0.25, 0.3) is 0 Å². The zero-order valence-corrected chi connectivity index (χ0v) is 15.1. The van der Waals surface area contributed by atoms with E-state index in [1.807, 2.05) is 0 Å². The molecule has 2 rings (SSSR count). The van der Waals surface area contributed by atoms with Gasteiger partial charge in [-0.05, 0) is 32.2 Å². The minimum absolute atomic E-state index is 0.778. The molecular weight excluding hydrogens is 274 g/mol. The lowest BCUT2D eigenvalue weighted by Gasteiger charge is -2.30. The van der Waals surface area contributed by atoms with Crippen LogP contribution in [0, 0.1) is 0 Å². The molecule has 2 saturated carbocycles. The van der Waals surface area contributed by atoms with Gasteiger partial charge in [-0.3, -0.25) is 0 Å². The van der Waals surface area contributed by atoms with Crippen molar-refractivity contribution in [3.8, 4) is 0 Å². The molecule has 2 aliphatic rings. The second kappa shape index (κ2) is 10.9. The number of rotatable bonds is 4. The van der Waals surface area contributed by atoms with Crippen molar-refractivity contribution in [1.82, 2.24) is 5.32 Å². The van der Waals surface area contributed by atoms with Crippen molar-refractivity contribution in [1.29, 1.82) is 0 Å². The van der Waals surface area contributed by atoms with Gasteiger partial charge in [0.1, 0.15) is 0 Å². The summed E-state index contributed by atoms with van der Waals surface area (Å²) in [5, 5.41) is 5.70. The van der Waals surface area contributed by atoms with Gasteiger partial charge in [0, 0.05) is 16.5 Å². The Morgan fingerprint density at radius 2 is 1.24 bits per heavy atom. The summed E-state index contributed by atoms with van der Waals surface area (Å²) >= 11 is 2.36. The standard InChI is InChI=1S/C19H37NS/c1-2-20-18-15-9-7-5-3-4-6-8-10-16-19(18)21-17-13-11-12-14-17/h17-20H,2-16H2,1H3. The highest BCUT2D eigenvalue weighted by Crippen LogP contribution is 2.36. The van der Waals surface area contributed by atoms with Gasteiger partial charge in [0.2, 0.25) is 0 Å². The van der Waals surface area contributed by atoms with Gasteiger partial charge in [0.05, 0.1) is 0 Å². The molecule has 2 heteroatoms. The first kappa shape index (κ1) is 17.7. The van der Waals surface area contributed by atoms with E-state index in [-0.39, 0.29) is 0 Å². The summed E-state index contributed by atoms with van der Waals surface area (Å²) in [6.45, 7) is 3.43. The molecule has 0 aromatic carbocycles. The monoisotopic (exact) mass is 311 g/mol. The quantitative estimate of drug-likeness (QED) is 0.691. The number of nitrogens with one attached hydrogen (secondary N) is 1. The van der Waals surface area contributed by atoms with Crippen molar-refractivity contribution in [3.63, 3.8) is 0 Å². The van der Waals surface area contributed by atoms with Gasteiger partial charge in [-0.1, -0.05) is 71.1 Å². The van der Waals surface area contributed by atoms with Crippen LogP contribution in [0.2, 0.25) is 0 Å². The molecule has 124 valence electrons. The third-order valence-electron chi connectivity index (χ3n) is 5.34. The number of hydrogen-bond donors (Lipinski definition) is 1. The van der Waals surface area contributed by atoms with Gasteiger partial charge in [-0.15, -0.1) is 0 Å². The van der Waals surface area contributed by atoms with Crippen molar-refractivity contribution < 1.29 is 0 Å². The van der Waals surface area contributed by atoms with Crippen molar-refractivity contribution in [3.05, 3.63) is 0 Å². The lowest BCUT2D eigenvalue weighted by atomic mass is 9.97. The SMILES string of the molecule is CCNC1CCCCCCCCCCC1SC1CCCC1. The molecule has 0 amide bonds. The van der Waals surface area contributed by atoms with Gasteiger partial charge in [-0.25, -0.2) is 0 Å². The predicted molar refractivity (Wildman–Crippen MR) is 97.3 cm³/mol. The highest BCUT2D eigenvalue weighted by molar-refractivity contribution is 8.00. The maximum absolute atomic E-state index is 3.84. The van der Waals surface area contributed by atoms with E-state index in [1.54, 1.807) is 0 Å². The zero-order chi connectivity index (χ0) is 14.8. The summed E-state index contributed by atoms with van der Waals surface area (Å²) in [6, 6.07) is 0.778. The van der Waals surface area contributed by atoms with Crippen LogP contribution in [0.3, 0.4) is 0 Å². The molecule has 0 aliphatic heterocycles. The fourth-order valence-corrected chi connectivity index (χ4v) is 5.91. The third kappa shape index (κ3) is 6.95. The van der Waals surface area contributed by atoms with E-state index >= 15 is 0 Å². The van der Waals surface area contributed by atoms with Crippen LogP contribution >= 0.6 is 11.8 Å². The van der Waals surface area contributed by atoms with E-state index in [4.69, 9.17) is 0 Å². The van der Waals surface area contributed by atoms with E-state index in [1.165, 1.54) is 89.9 Å². The minimum Gasteiger partial charge on any atom is -0.313 e. The van der Waals surface area contributed by atoms with Gasteiger partial charge < -0.3 is 5.32 Å². The zero-order valence-electron chi connectivity index (χ0n) is 14.2. The van der Waals surface area contributed by atoms with E-state index in [0.717, 1.165) is 23.1 Å². The average molecular weight is 312 g/mol. The smallest absolute Gasteiger partial charge is 0.0203 e. The van der Waals surface area contributed by atoms with Crippen molar-refractivity contribution in [2.45, 2.75) is 113 Å². The molecule has 2 atom stereocenters. The second-order valence-electron chi connectivity index (χ2n) is 7.15. The van der Waals surface area contributed by atoms with Crippen LogP contribution in [0.5, 0.6) is 0 Å². The molecule has 0 aromatic rings. The summed E-state index contributed by atoms with van der Waals surface area (Å²) in [4.78, 5) is 0. The van der Waals surface area contributed by atoms with E-state index in [0.29, 0.717) is 0 Å². The second-order valence-corrected chi connectivity index (χ2v) is 8.70. The van der Waals surface area contributed by atoms with Gasteiger partial charge in [0.25, 0.3) is 0 Å². The Morgan fingerprint density at radius 3 is 1.86 bits per heavy atom. The Bertz CT molecular complexity index is 250. The summed E-state index contributed by atoms with van der Waals surface area (Å²) in [7, 11) is 0. The summed E-state index contributed by atoms with van der Waals surface area (Å²) in [6.07, 6.45) is 20.6. The summed E-state index contributed by atoms with van der Waals surface area (Å²) in [5.74, 6) is 0. The molecule has 0 bridgehead atoms. The van der Waals surface area contributed by atoms with Crippen LogP contribution in [0.1, 0.15) is 96.8 Å². The first-order valence-corrected chi connectivity index (χ1v) is 10.7. The first-order chi connectivity index (χ1) is 10.4. The topological polar surface area (TPSA) is 12.0 Å². The molecule has 0 aromatic heterocycles. The van der Waals surface area contributed by atoms with Crippen LogP contribution < -0.4 is 5.32 Å². The maximum atomic E-state index is 3.84. The maximum Gasteiger partial charge on any atom is 0.0203 e. The molecule has 0 spiro atoms. The average Bonchev–Trinajstić information content (AvgIpc) is 2.98. The molecule has 2 unspecified atom stereocenters. The lowest BCUT2D eigenvalue weighted by Crippen LogP contribution is -2.39. The number of thioether (sulfide) groups is 1. The highest BCUT2D eigenvalue weighted by atomic mass is 32.2. The van der Waals surface area contributed by atoms with Crippen LogP contribution in [-0.2, 0) is 0 Å². The van der Waals surface area contributed by atoms with Gasteiger partial charge in [0.15, 0.2) is 0 Å². The fraction of sp³-hybridized carbons (Fsp3) is 1.00. The number of hydrogen-bond acceptors (Lipinski definition) is 2. The first-order valence-electron chi connectivity index (χ1n) is 9.79. The molecule has 21 heavy (non-hydrogen) atoms. The molecular formula is C19H37NS. The Kier molecular flexibility index (Phi) is 9.20. The molecule has 0 saturated heterocycles. The van der Waals surface area contributed by atoms with Gasteiger partial charge in [-0.2, -0.15) is 11.8 Å². The third-order valence-corrected chi connectivity index (χ3v) is 7.11. The van der Waals surface area contributed by atoms with Crippen molar-refractivity contribution >= 4 is 11.8 Å². The van der Waals surface area contributed by atoms with Crippen LogP contribution in [0.4, 0.5) is 0 Å². The van der Waals surface area contributed by atoms with Crippen LogP contribution in [0.15, 0.2) is 0 Å².